The smallest absolute Gasteiger partial charge is 0.161 e. The van der Waals surface area contributed by atoms with Crippen LogP contribution in [0, 0.1) is 0 Å². The number of ether oxygens (including phenoxy) is 2. The van der Waals surface area contributed by atoms with E-state index in [1.54, 1.807) is 14.2 Å². The maximum atomic E-state index is 5.31. The molecular formula is C15H16N4O2. The summed E-state index contributed by atoms with van der Waals surface area (Å²) < 4.78 is 10.5. The van der Waals surface area contributed by atoms with E-state index in [-0.39, 0.29) is 0 Å². The van der Waals surface area contributed by atoms with E-state index < -0.39 is 0 Å². The number of rotatable bonds is 5. The topological polar surface area (TPSA) is 72.1 Å². The fraction of sp³-hybridized carbons (Fsp3) is 0.200. The number of nitrogens with one attached hydrogen (secondary N) is 2. The lowest BCUT2D eigenvalue weighted by molar-refractivity contribution is 0.354. The van der Waals surface area contributed by atoms with Gasteiger partial charge in [0, 0.05) is 6.54 Å². The number of fused-ring (bicyclic) bond motifs is 1. The van der Waals surface area contributed by atoms with Crippen LogP contribution in [0.3, 0.4) is 0 Å². The second-order valence-electron chi connectivity index (χ2n) is 4.54. The average molecular weight is 284 g/mol. The Balaban J connectivity index is 1.80. The van der Waals surface area contributed by atoms with Crippen molar-refractivity contribution in [3.8, 4) is 11.5 Å². The van der Waals surface area contributed by atoms with Crippen molar-refractivity contribution < 1.29 is 9.47 Å². The Morgan fingerprint density at radius 2 is 1.90 bits per heavy atom. The molecule has 0 aliphatic heterocycles. The number of methoxy groups -OCH3 is 2. The van der Waals surface area contributed by atoms with Gasteiger partial charge in [-0.25, -0.2) is 0 Å². The van der Waals surface area contributed by atoms with Gasteiger partial charge in [0.2, 0.25) is 0 Å². The second-order valence-corrected chi connectivity index (χ2v) is 4.54. The van der Waals surface area contributed by atoms with E-state index in [0.29, 0.717) is 6.54 Å². The van der Waals surface area contributed by atoms with Gasteiger partial charge in [0.15, 0.2) is 11.5 Å². The highest BCUT2D eigenvalue weighted by Gasteiger charge is 2.06. The Bertz CT molecular complexity index is 754. The van der Waals surface area contributed by atoms with Gasteiger partial charge in [0.05, 0.1) is 19.9 Å². The van der Waals surface area contributed by atoms with Crippen LogP contribution >= 0.6 is 0 Å². The molecule has 6 heteroatoms. The molecule has 3 aromatic rings. The third kappa shape index (κ3) is 2.60. The van der Waals surface area contributed by atoms with Crippen LogP contribution in [0.4, 0.5) is 5.69 Å². The van der Waals surface area contributed by atoms with E-state index in [2.05, 4.69) is 20.7 Å². The quantitative estimate of drug-likeness (QED) is 0.753. The molecule has 0 radical (unpaired) electrons. The lowest BCUT2D eigenvalue weighted by Gasteiger charge is -2.11. The van der Waals surface area contributed by atoms with Crippen LogP contribution in [0.15, 0.2) is 36.4 Å². The fourth-order valence-electron chi connectivity index (χ4n) is 2.20. The van der Waals surface area contributed by atoms with Gasteiger partial charge in [0.1, 0.15) is 11.0 Å². The Kier molecular flexibility index (Phi) is 3.59. The minimum absolute atomic E-state index is 0.659. The summed E-state index contributed by atoms with van der Waals surface area (Å²) in [4.78, 5) is 0. The van der Waals surface area contributed by atoms with Crippen molar-refractivity contribution in [3.05, 3.63) is 42.0 Å². The number of H-pyrrole nitrogens is 1. The molecule has 2 aromatic carbocycles. The second kappa shape index (κ2) is 5.70. The monoisotopic (exact) mass is 284 g/mol. The fourth-order valence-corrected chi connectivity index (χ4v) is 2.20. The van der Waals surface area contributed by atoms with Gasteiger partial charge >= 0.3 is 0 Å². The van der Waals surface area contributed by atoms with E-state index in [0.717, 1.165) is 33.8 Å². The van der Waals surface area contributed by atoms with Crippen LogP contribution in [0.2, 0.25) is 0 Å². The molecule has 0 aliphatic carbocycles. The number of nitrogens with zero attached hydrogens (tertiary/aromatic N) is 2. The van der Waals surface area contributed by atoms with E-state index in [1.807, 2.05) is 36.4 Å². The molecule has 1 heterocycles. The molecule has 2 N–H and O–H groups in total. The first-order valence-corrected chi connectivity index (χ1v) is 6.56. The summed E-state index contributed by atoms with van der Waals surface area (Å²) in [6, 6.07) is 11.7. The van der Waals surface area contributed by atoms with Crippen LogP contribution in [0.25, 0.3) is 11.0 Å². The van der Waals surface area contributed by atoms with Crippen LogP contribution in [0.5, 0.6) is 11.5 Å². The standard InChI is InChI=1S/C15H16N4O2/c1-20-13-7-6-10(8-14(13)21-2)9-16-11-4-3-5-12-15(11)18-19-17-12/h3-8,16H,9H2,1-2H3,(H,17,18,19). The Morgan fingerprint density at radius 3 is 2.71 bits per heavy atom. The zero-order chi connectivity index (χ0) is 14.7. The summed E-state index contributed by atoms with van der Waals surface area (Å²) >= 11 is 0. The van der Waals surface area contributed by atoms with Gasteiger partial charge in [-0.05, 0) is 29.8 Å². The van der Waals surface area contributed by atoms with E-state index in [1.165, 1.54) is 0 Å². The first-order valence-electron chi connectivity index (χ1n) is 6.56. The SMILES string of the molecule is COc1ccc(CNc2cccc3n[nH]nc23)cc1OC. The lowest BCUT2D eigenvalue weighted by Crippen LogP contribution is -2.01. The molecule has 21 heavy (non-hydrogen) atoms. The molecule has 0 saturated carbocycles. The number of aromatic amines is 1. The molecule has 0 unspecified atom stereocenters. The predicted octanol–water partition coefficient (Wildman–Crippen LogP) is 2.59. The highest BCUT2D eigenvalue weighted by atomic mass is 16.5. The van der Waals surface area contributed by atoms with Crippen molar-refractivity contribution in [2.45, 2.75) is 6.54 Å². The van der Waals surface area contributed by atoms with Crippen LogP contribution in [0.1, 0.15) is 5.56 Å². The van der Waals surface area contributed by atoms with Gasteiger partial charge in [-0.15, -0.1) is 0 Å². The van der Waals surface area contributed by atoms with Gasteiger partial charge in [0.25, 0.3) is 0 Å². The summed E-state index contributed by atoms with van der Waals surface area (Å²) in [5, 5.41) is 14.2. The maximum Gasteiger partial charge on any atom is 0.161 e. The van der Waals surface area contributed by atoms with Crippen molar-refractivity contribution in [1.82, 2.24) is 15.4 Å². The Morgan fingerprint density at radius 1 is 1.05 bits per heavy atom. The van der Waals surface area contributed by atoms with Crippen molar-refractivity contribution >= 4 is 16.7 Å². The van der Waals surface area contributed by atoms with Crippen molar-refractivity contribution in [3.63, 3.8) is 0 Å². The summed E-state index contributed by atoms with van der Waals surface area (Å²) in [7, 11) is 3.26. The Hall–Kier alpha value is -2.76. The number of benzene rings is 2. The molecule has 0 fully saturated rings. The molecule has 0 amide bonds. The van der Waals surface area contributed by atoms with Crippen molar-refractivity contribution in [2.24, 2.45) is 0 Å². The zero-order valence-electron chi connectivity index (χ0n) is 11.9. The average Bonchev–Trinajstić information content (AvgIpc) is 3.01. The van der Waals surface area contributed by atoms with Crippen molar-refractivity contribution in [2.75, 3.05) is 19.5 Å². The third-order valence-corrected chi connectivity index (χ3v) is 3.28. The summed E-state index contributed by atoms with van der Waals surface area (Å²) in [6.45, 7) is 0.659. The normalized spacial score (nSPS) is 10.6. The van der Waals surface area contributed by atoms with Crippen molar-refractivity contribution in [1.29, 1.82) is 0 Å². The molecule has 0 bridgehead atoms. The molecule has 108 valence electrons. The van der Waals surface area contributed by atoms with Gasteiger partial charge in [-0.2, -0.15) is 15.4 Å². The van der Waals surface area contributed by atoms with E-state index in [9.17, 15) is 0 Å². The number of aromatic nitrogens is 3. The lowest BCUT2D eigenvalue weighted by atomic mass is 10.2. The van der Waals surface area contributed by atoms with Gasteiger partial charge < -0.3 is 14.8 Å². The predicted molar refractivity (Wildman–Crippen MR) is 80.8 cm³/mol. The molecule has 0 saturated heterocycles. The molecule has 0 spiro atoms. The first-order chi connectivity index (χ1) is 10.3. The van der Waals surface area contributed by atoms with Gasteiger partial charge in [-0.3, -0.25) is 0 Å². The largest absolute Gasteiger partial charge is 0.493 e. The minimum atomic E-state index is 0.659. The van der Waals surface area contributed by atoms with E-state index in [4.69, 9.17) is 9.47 Å². The molecule has 0 atom stereocenters. The molecular weight excluding hydrogens is 268 g/mol. The first kappa shape index (κ1) is 13.2. The van der Waals surface area contributed by atoms with Gasteiger partial charge in [-0.1, -0.05) is 12.1 Å². The minimum Gasteiger partial charge on any atom is -0.493 e. The zero-order valence-corrected chi connectivity index (χ0v) is 11.9. The number of hydrogen-bond acceptors (Lipinski definition) is 5. The highest BCUT2D eigenvalue weighted by Crippen LogP contribution is 2.28. The Labute approximate surface area is 122 Å². The highest BCUT2D eigenvalue weighted by molar-refractivity contribution is 5.87. The van der Waals surface area contributed by atoms with Crippen LogP contribution in [-0.2, 0) is 6.54 Å². The number of para-hydroxylation sites is 1. The molecule has 6 nitrogen and oxygen atoms in total. The van der Waals surface area contributed by atoms with Crippen LogP contribution < -0.4 is 14.8 Å². The number of anilines is 1. The maximum absolute atomic E-state index is 5.31. The summed E-state index contributed by atoms with van der Waals surface area (Å²) in [5.74, 6) is 1.44. The molecule has 3 rings (SSSR count). The molecule has 0 aliphatic rings. The molecule has 1 aromatic heterocycles. The summed E-state index contributed by atoms with van der Waals surface area (Å²) in [5.41, 5.74) is 3.70. The number of hydrogen-bond donors (Lipinski definition) is 2. The van der Waals surface area contributed by atoms with E-state index >= 15 is 0 Å². The van der Waals surface area contributed by atoms with Crippen LogP contribution in [-0.4, -0.2) is 29.6 Å². The third-order valence-electron chi connectivity index (χ3n) is 3.28. The summed E-state index contributed by atoms with van der Waals surface area (Å²) in [6.07, 6.45) is 0.